The molecule has 0 heterocycles. The first-order chi connectivity index (χ1) is 9.97. The van der Waals surface area contributed by atoms with Crippen molar-refractivity contribution in [1.29, 1.82) is 0 Å². The van der Waals surface area contributed by atoms with Gasteiger partial charge in [-0.2, -0.15) is 0 Å². The molecule has 0 saturated carbocycles. The van der Waals surface area contributed by atoms with Crippen molar-refractivity contribution in [1.82, 2.24) is 0 Å². The molecule has 1 aliphatic rings. The molecule has 0 amide bonds. The van der Waals surface area contributed by atoms with Gasteiger partial charge in [-0.25, -0.2) is 4.79 Å². The molecule has 21 heavy (non-hydrogen) atoms. The SMILES string of the molecule is COC(=O)C1=C(O)[C@@H](C(C)=O)C(=O)C[C@H]1c1ccccc1. The summed E-state index contributed by atoms with van der Waals surface area (Å²) in [5.74, 6) is -3.94. The van der Waals surface area contributed by atoms with Gasteiger partial charge >= 0.3 is 5.97 Å². The number of Topliss-reactive ketones (excluding diaryl/α,β-unsaturated/α-hetero) is 2. The molecule has 1 aromatic rings. The number of carbonyl (C=O) groups is 3. The summed E-state index contributed by atoms with van der Waals surface area (Å²) < 4.78 is 4.70. The molecule has 1 aromatic carbocycles. The van der Waals surface area contributed by atoms with Gasteiger partial charge in [-0.3, -0.25) is 9.59 Å². The Kier molecular flexibility index (Phi) is 4.21. The number of hydrogen-bond acceptors (Lipinski definition) is 5. The van der Waals surface area contributed by atoms with E-state index < -0.39 is 29.3 Å². The molecule has 0 unspecified atom stereocenters. The van der Waals surface area contributed by atoms with Crippen molar-refractivity contribution >= 4 is 17.5 Å². The van der Waals surface area contributed by atoms with Crippen LogP contribution in [-0.2, 0) is 19.1 Å². The normalized spacial score (nSPS) is 22.1. The summed E-state index contributed by atoms with van der Waals surface area (Å²) in [4.78, 5) is 35.6. The summed E-state index contributed by atoms with van der Waals surface area (Å²) in [6, 6.07) is 8.91. The van der Waals surface area contributed by atoms with Crippen LogP contribution in [0, 0.1) is 5.92 Å². The highest BCUT2D eigenvalue weighted by Crippen LogP contribution is 2.38. The van der Waals surface area contributed by atoms with E-state index in [0.29, 0.717) is 0 Å². The summed E-state index contributed by atoms with van der Waals surface area (Å²) in [5.41, 5.74) is 0.711. The van der Waals surface area contributed by atoms with Crippen LogP contribution in [-0.4, -0.2) is 29.8 Å². The first-order valence-electron chi connectivity index (χ1n) is 6.56. The van der Waals surface area contributed by atoms with Gasteiger partial charge in [0.05, 0.1) is 12.7 Å². The van der Waals surface area contributed by atoms with E-state index >= 15 is 0 Å². The van der Waals surface area contributed by atoms with E-state index in [-0.39, 0.29) is 17.8 Å². The van der Waals surface area contributed by atoms with E-state index in [1.807, 2.05) is 6.07 Å². The van der Waals surface area contributed by atoms with E-state index in [9.17, 15) is 19.5 Å². The molecule has 1 aliphatic carbocycles. The fourth-order valence-corrected chi connectivity index (χ4v) is 2.65. The molecule has 0 saturated heterocycles. The molecule has 5 heteroatoms. The summed E-state index contributed by atoms with van der Waals surface area (Å²) in [5, 5.41) is 10.2. The predicted octanol–water partition coefficient (Wildman–Crippen LogP) is 1.93. The lowest BCUT2D eigenvalue weighted by Crippen LogP contribution is -2.34. The van der Waals surface area contributed by atoms with E-state index in [2.05, 4.69) is 0 Å². The molecule has 110 valence electrons. The lowest BCUT2D eigenvalue weighted by atomic mass is 9.75. The molecule has 2 rings (SSSR count). The summed E-state index contributed by atoms with van der Waals surface area (Å²) in [7, 11) is 1.20. The van der Waals surface area contributed by atoms with Gasteiger partial charge in [-0.15, -0.1) is 0 Å². The van der Waals surface area contributed by atoms with Crippen LogP contribution in [0.5, 0.6) is 0 Å². The fraction of sp³-hybridized carbons (Fsp3) is 0.312. The first-order valence-corrected chi connectivity index (χ1v) is 6.56. The highest BCUT2D eigenvalue weighted by Gasteiger charge is 2.42. The Morgan fingerprint density at radius 2 is 1.86 bits per heavy atom. The molecular weight excluding hydrogens is 272 g/mol. The summed E-state index contributed by atoms with van der Waals surface area (Å²) in [6.07, 6.45) is -0.0112. The molecule has 0 bridgehead atoms. The van der Waals surface area contributed by atoms with Gasteiger partial charge in [0, 0.05) is 12.3 Å². The smallest absolute Gasteiger partial charge is 0.337 e. The van der Waals surface area contributed by atoms with Gasteiger partial charge in [0.2, 0.25) is 0 Å². The van der Waals surface area contributed by atoms with Crippen LogP contribution in [0.1, 0.15) is 24.8 Å². The van der Waals surface area contributed by atoms with Crippen LogP contribution in [0.15, 0.2) is 41.7 Å². The number of aliphatic hydroxyl groups excluding tert-OH is 1. The fourth-order valence-electron chi connectivity index (χ4n) is 2.65. The number of ketones is 2. The summed E-state index contributed by atoms with van der Waals surface area (Å²) in [6.45, 7) is 1.22. The topological polar surface area (TPSA) is 80.7 Å². The standard InChI is InChI=1S/C16H16O5/c1-9(17)13-12(18)8-11(10-6-4-3-5-7-10)14(15(13)19)16(20)21-2/h3-7,11,13,19H,8H2,1-2H3/t11-,13-/m0/s1. The largest absolute Gasteiger partial charge is 0.510 e. The molecule has 1 N–H and O–H groups in total. The number of hydrogen-bond donors (Lipinski definition) is 1. The van der Waals surface area contributed by atoms with Crippen LogP contribution in [0.25, 0.3) is 0 Å². The lowest BCUT2D eigenvalue weighted by molar-refractivity contribution is -0.137. The second-order valence-corrected chi connectivity index (χ2v) is 4.97. The maximum Gasteiger partial charge on any atom is 0.337 e. The first kappa shape index (κ1) is 15.0. The Labute approximate surface area is 122 Å². The van der Waals surface area contributed by atoms with Crippen molar-refractivity contribution < 1.29 is 24.2 Å². The Morgan fingerprint density at radius 3 is 2.38 bits per heavy atom. The Morgan fingerprint density at radius 1 is 1.24 bits per heavy atom. The minimum absolute atomic E-state index is 0.0106. The highest BCUT2D eigenvalue weighted by molar-refractivity contribution is 6.08. The van der Waals surface area contributed by atoms with E-state index in [4.69, 9.17) is 4.74 Å². The number of ether oxygens (including phenoxy) is 1. The molecule has 0 aliphatic heterocycles. The van der Waals surface area contributed by atoms with E-state index in [0.717, 1.165) is 5.56 Å². The third-order valence-electron chi connectivity index (χ3n) is 3.64. The number of carbonyl (C=O) groups excluding carboxylic acids is 3. The van der Waals surface area contributed by atoms with Crippen molar-refractivity contribution in [3.8, 4) is 0 Å². The van der Waals surface area contributed by atoms with Crippen molar-refractivity contribution in [2.45, 2.75) is 19.3 Å². The summed E-state index contributed by atoms with van der Waals surface area (Å²) >= 11 is 0. The molecular formula is C16H16O5. The lowest BCUT2D eigenvalue weighted by Gasteiger charge is -2.28. The van der Waals surface area contributed by atoms with Crippen LogP contribution in [0.2, 0.25) is 0 Å². The Bertz CT molecular complexity index is 615. The zero-order valence-corrected chi connectivity index (χ0v) is 11.8. The minimum Gasteiger partial charge on any atom is -0.510 e. The van der Waals surface area contributed by atoms with Gasteiger partial charge in [0.15, 0.2) is 5.78 Å². The number of methoxy groups -OCH3 is 1. The maximum atomic E-state index is 12.1. The molecule has 0 aromatic heterocycles. The second-order valence-electron chi connectivity index (χ2n) is 4.97. The molecule has 0 radical (unpaired) electrons. The quantitative estimate of drug-likeness (QED) is 0.679. The van der Waals surface area contributed by atoms with Crippen LogP contribution >= 0.6 is 0 Å². The molecule has 2 atom stereocenters. The molecule has 0 fully saturated rings. The number of benzene rings is 1. The Balaban J connectivity index is 2.58. The van der Waals surface area contributed by atoms with Gasteiger partial charge in [-0.05, 0) is 12.5 Å². The monoisotopic (exact) mass is 288 g/mol. The van der Waals surface area contributed by atoms with Crippen LogP contribution in [0.4, 0.5) is 0 Å². The number of aliphatic hydroxyl groups is 1. The van der Waals surface area contributed by atoms with Crippen molar-refractivity contribution in [2.24, 2.45) is 5.92 Å². The van der Waals surface area contributed by atoms with Gasteiger partial charge in [0.25, 0.3) is 0 Å². The van der Waals surface area contributed by atoms with Crippen molar-refractivity contribution in [3.63, 3.8) is 0 Å². The molecule has 5 nitrogen and oxygen atoms in total. The average Bonchev–Trinajstić information content (AvgIpc) is 2.46. The zero-order chi connectivity index (χ0) is 15.6. The second kappa shape index (κ2) is 5.91. The number of esters is 1. The third-order valence-corrected chi connectivity index (χ3v) is 3.64. The van der Waals surface area contributed by atoms with E-state index in [1.54, 1.807) is 24.3 Å². The Hall–Kier alpha value is -2.43. The van der Waals surface area contributed by atoms with Crippen LogP contribution < -0.4 is 0 Å². The maximum absolute atomic E-state index is 12.1. The highest BCUT2D eigenvalue weighted by atomic mass is 16.5. The minimum atomic E-state index is -1.26. The van der Waals surface area contributed by atoms with Crippen LogP contribution in [0.3, 0.4) is 0 Å². The number of allylic oxidation sites excluding steroid dienone is 1. The van der Waals surface area contributed by atoms with Gasteiger partial charge in [-0.1, -0.05) is 30.3 Å². The van der Waals surface area contributed by atoms with Crippen molar-refractivity contribution in [3.05, 3.63) is 47.2 Å². The average molecular weight is 288 g/mol. The van der Waals surface area contributed by atoms with Crippen molar-refractivity contribution in [2.75, 3.05) is 7.11 Å². The van der Waals surface area contributed by atoms with E-state index in [1.165, 1.54) is 14.0 Å². The third kappa shape index (κ3) is 2.72. The number of rotatable bonds is 3. The molecule has 0 spiro atoms. The van der Waals surface area contributed by atoms with Gasteiger partial charge < -0.3 is 9.84 Å². The zero-order valence-electron chi connectivity index (χ0n) is 11.8. The van der Waals surface area contributed by atoms with Gasteiger partial charge in [0.1, 0.15) is 17.5 Å². The predicted molar refractivity (Wildman–Crippen MR) is 74.6 cm³/mol.